The highest BCUT2D eigenvalue weighted by molar-refractivity contribution is 5.79. The largest absolute Gasteiger partial charge is 0.449 e. The van der Waals surface area contributed by atoms with Crippen LogP contribution in [0, 0.1) is 5.92 Å². The predicted octanol–water partition coefficient (Wildman–Crippen LogP) is 1.83. The van der Waals surface area contributed by atoms with Gasteiger partial charge in [0.1, 0.15) is 5.78 Å². The van der Waals surface area contributed by atoms with Gasteiger partial charge in [0.15, 0.2) is 0 Å². The zero-order valence-corrected chi connectivity index (χ0v) is 9.49. The SMILES string of the molecule is CC(C)COC(=O)N1CCCC(=O)CC1. The summed E-state index contributed by atoms with van der Waals surface area (Å²) >= 11 is 0. The van der Waals surface area contributed by atoms with Crippen LogP contribution in [0.15, 0.2) is 0 Å². The van der Waals surface area contributed by atoms with Crippen LogP contribution in [0.1, 0.15) is 33.1 Å². The number of carbonyl (C=O) groups is 2. The Bertz CT molecular complexity index is 238. The summed E-state index contributed by atoms with van der Waals surface area (Å²) in [5, 5.41) is 0. The Balaban J connectivity index is 2.35. The van der Waals surface area contributed by atoms with E-state index in [2.05, 4.69) is 0 Å². The first-order valence-electron chi connectivity index (χ1n) is 5.53. The van der Waals surface area contributed by atoms with Crippen molar-refractivity contribution in [1.82, 2.24) is 4.90 Å². The Hall–Kier alpha value is -1.06. The fourth-order valence-electron chi connectivity index (χ4n) is 1.48. The first kappa shape index (κ1) is 12.0. The zero-order chi connectivity index (χ0) is 11.3. The van der Waals surface area contributed by atoms with E-state index in [1.54, 1.807) is 4.90 Å². The molecule has 1 fully saturated rings. The Morgan fingerprint density at radius 1 is 1.40 bits per heavy atom. The van der Waals surface area contributed by atoms with Crippen molar-refractivity contribution in [2.75, 3.05) is 19.7 Å². The normalized spacial score (nSPS) is 17.8. The molecule has 0 N–H and O–H groups in total. The number of hydrogen-bond donors (Lipinski definition) is 0. The van der Waals surface area contributed by atoms with Gasteiger partial charge >= 0.3 is 6.09 Å². The molecule has 0 bridgehead atoms. The van der Waals surface area contributed by atoms with Crippen LogP contribution in [0.5, 0.6) is 0 Å². The maximum atomic E-state index is 11.6. The molecule has 0 radical (unpaired) electrons. The number of ether oxygens (including phenoxy) is 1. The van der Waals surface area contributed by atoms with Gasteiger partial charge in [0.25, 0.3) is 0 Å². The van der Waals surface area contributed by atoms with Crippen molar-refractivity contribution >= 4 is 11.9 Å². The second-order valence-corrected chi connectivity index (χ2v) is 4.35. The second kappa shape index (κ2) is 5.73. The molecular weight excluding hydrogens is 194 g/mol. The lowest BCUT2D eigenvalue weighted by Crippen LogP contribution is -2.33. The summed E-state index contributed by atoms with van der Waals surface area (Å²) in [6.45, 7) is 5.60. The topological polar surface area (TPSA) is 46.6 Å². The second-order valence-electron chi connectivity index (χ2n) is 4.35. The van der Waals surface area contributed by atoms with Crippen molar-refractivity contribution in [3.8, 4) is 0 Å². The van der Waals surface area contributed by atoms with Crippen molar-refractivity contribution in [3.05, 3.63) is 0 Å². The minimum absolute atomic E-state index is 0.245. The highest BCUT2D eigenvalue weighted by Crippen LogP contribution is 2.08. The average Bonchev–Trinajstić information content (AvgIpc) is 2.39. The van der Waals surface area contributed by atoms with Gasteiger partial charge in [-0.3, -0.25) is 4.79 Å². The summed E-state index contributed by atoms with van der Waals surface area (Å²) in [6.07, 6.45) is 1.54. The van der Waals surface area contributed by atoms with E-state index in [1.165, 1.54) is 0 Å². The summed E-state index contributed by atoms with van der Waals surface area (Å²) in [7, 11) is 0. The van der Waals surface area contributed by atoms with Crippen molar-refractivity contribution < 1.29 is 14.3 Å². The first-order valence-corrected chi connectivity index (χ1v) is 5.53. The van der Waals surface area contributed by atoms with Crippen LogP contribution < -0.4 is 0 Å². The molecule has 0 unspecified atom stereocenters. The van der Waals surface area contributed by atoms with Crippen LogP contribution >= 0.6 is 0 Å². The third-order valence-electron chi connectivity index (χ3n) is 2.34. The lowest BCUT2D eigenvalue weighted by atomic mass is 10.2. The quantitative estimate of drug-likeness (QED) is 0.703. The molecule has 1 aliphatic rings. The van der Waals surface area contributed by atoms with Crippen LogP contribution in [-0.2, 0) is 9.53 Å². The molecule has 1 amide bonds. The van der Waals surface area contributed by atoms with Gasteiger partial charge in [-0.1, -0.05) is 13.8 Å². The summed E-state index contributed by atoms with van der Waals surface area (Å²) in [6, 6.07) is 0. The van der Waals surface area contributed by atoms with Crippen LogP contribution in [0.2, 0.25) is 0 Å². The summed E-state index contributed by atoms with van der Waals surface area (Å²) in [4.78, 5) is 24.3. The molecular formula is C11H19NO3. The Morgan fingerprint density at radius 2 is 2.13 bits per heavy atom. The van der Waals surface area contributed by atoms with E-state index in [1.807, 2.05) is 13.8 Å². The molecule has 0 saturated carbocycles. The molecule has 0 atom stereocenters. The Morgan fingerprint density at radius 3 is 2.80 bits per heavy atom. The lowest BCUT2D eigenvalue weighted by molar-refractivity contribution is -0.118. The molecule has 4 nitrogen and oxygen atoms in total. The molecule has 0 aromatic heterocycles. The molecule has 0 aliphatic carbocycles. The van der Waals surface area contributed by atoms with Gasteiger partial charge in [-0.05, 0) is 12.3 Å². The molecule has 1 saturated heterocycles. The van der Waals surface area contributed by atoms with E-state index < -0.39 is 0 Å². The van der Waals surface area contributed by atoms with E-state index >= 15 is 0 Å². The molecule has 1 rings (SSSR count). The number of hydrogen-bond acceptors (Lipinski definition) is 3. The highest BCUT2D eigenvalue weighted by Gasteiger charge is 2.19. The van der Waals surface area contributed by atoms with Gasteiger partial charge in [-0.2, -0.15) is 0 Å². The standard InChI is InChI=1S/C11H19NO3/c1-9(2)8-15-11(14)12-6-3-4-10(13)5-7-12/h9H,3-8H2,1-2H3. The molecule has 86 valence electrons. The van der Waals surface area contributed by atoms with Crippen molar-refractivity contribution in [1.29, 1.82) is 0 Å². The van der Waals surface area contributed by atoms with Crippen LogP contribution in [0.4, 0.5) is 4.79 Å². The van der Waals surface area contributed by atoms with E-state index in [0.717, 1.165) is 6.42 Å². The highest BCUT2D eigenvalue weighted by atomic mass is 16.6. The Labute approximate surface area is 90.6 Å². The maximum absolute atomic E-state index is 11.6. The van der Waals surface area contributed by atoms with Gasteiger partial charge in [0, 0.05) is 25.9 Å². The monoisotopic (exact) mass is 213 g/mol. The molecule has 0 aromatic carbocycles. The van der Waals surface area contributed by atoms with Gasteiger partial charge in [0.05, 0.1) is 6.61 Å². The smallest absolute Gasteiger partial charge is 0.409 e. The summed E-state index contributed by atoms with van der Waals surface area (Å²) in [5.74, 6) is 0.594. The number of likely N-dealkylation sites (tertiary alicyclic amines) is 1. The zero-order valence-electron chi connectivity index (χ0n) is 9.49. The third-order valence-corrected chi connectivity index (χ3v) is 2.34. The van der Waals surface area contributed by atoms with Gasteiger partial charge < -0.3 is 9.64 Å². The fourth-order valence-corrected chi connectivity index (χ4v) is 1.48. The molecule has 0 aromatic rings. The summed E-state index contributed by atoms with van der Waals surface area (Å²) < 4.78 is 5.11. The molecule has 1 heterocycles. The molecule has 1 aliphatic heterocycles. The van der Waals surface area contributed by atoms with E-state index in [-0.39, 0.29) is 11.9 Å². The molecule has 4 heteroatoms. The van der Waals surface area contributed by atoms with Crippen molar-refractivity contribution in [2.45, 2.75) is 33.1 Å². The van der Waals surface area contributed by atoms with E-state index in [9.17, 15) is 9.59 Å². The fraction of sp³-hybridized carbons (Fsp3) is 0.818. The molecule has 15 heavy (non-hydrogen) atoms. The van der Waals surface area contributed by atoms with Crippen molar-refractivity contribution in [2.24, 2.45) is 5.92 Å². The number of ketones is 1. The number of carbonyl (C=O) groups excluding carboxylic acids is 2. The van der Waals surface area contributed by atoms with Crippen LogP contribution in [0.25, 0.3) is 0 Å². The summed E-state index contributed by atoms with van der Waals surface area (Å²) in [5.41, 5.74) is 0. The lowest BCUT2D eigenvalue weighted by Gasteiger charge is -2.19. The van der Waals surface area contributed by atoms with Crippen LogP contribution in [0.3, 0.4) is 0 Å². The number of amides is 1. The number of rotatable bonds is 2. The van der Waals surface area contributed by atoms with Crippen molar-refractivity contribution in [3.63, 3.8) is 0 Å². The minimum Gasteiger partial charge on any atom is -0.449 e. The number of Topliss-reactive ketones (excluding diaryl/α,β-unsaturated/α-hetero) is 1. The van der Waals surface area contributed by atoms with E-state index in [4.69, 9.17) is 4.74 Å². The maximum Gasteiger partial charge on any atom is 0.409 e. The predicted molar refractivity (Wildman–Crippen MR) is 56.6 cm³/mol. The average molecular weight is 213 g/mol. The number of nitrogens with zero attached hydrogens (tertiary/aromatic N) is 1. The van der Waals surface area contributed by atoms with Gasteiger partial charge in [0.2, 0.25) is 0 Å². The molecule has 0 spiro atoms. The van der Waals surface area contributed by atoms with Gasteiger partial charge in [-0.15, -0.1) is 0 Å². The first-order chi connectivity index (χ1) is 7.09. The van der Waals surface area contributed by atoms with Crippen LogP contribution in [-0.4, -0.2) is 36.5 Å². The Kier molecular flexibility index (Phi) is 4.59. The minimum atomic E-state index is -0.279. The third kappa shape index (κ3) is 4.32. The van der Waals surface area contributed by atoms with Gasteiger partial charge in [-0.25, -0.2) is 4.79 Å². The van der Waals surface area contributed by atoms with E-state index in [0.29, 0.717) is 38.5 Å².